The molecule has 0 bridgehead atoms. The molecule has 0 N–H and O–H groups in total. The van der Waals surface area contributed by atoms with E-state index in [1.165, 1.54) is 12.0 Å². The van der Waals surface area contributed by atoms with Gasteiger partial charge < -0.3 is 4.74 Å². The van der Waals surface area contributed by atoms with Crippen LogP contribution in [0.1, 0.15) is 31.3 Å². The average Bonchev–Trinajstić information content (AvgIpc) is 2.95. The predicted molar refractivity (Wildman–Crippen MR) is 78.5 cm³/mol. The van der Waals surface area contributed by atoms with Crippen molar-refractivity contribution in [3.05, 3.63) is 30.2 Å². The van der Waals surface area contributed by atoms with Crippen LogP contribution >= 0.6 is 0 Å². The number of nitrogens with zero attached hydrogens (tertiary/aromatic N) is 5. The van der Waals surface area contributed by atoms with Crippen LogP contribution in [0.4, 0.5) is 5.82 Å². The fourth-order valence-corrected chi connectivity index (χ4v) is 1.75. The van der Waals surface area contributed by atoms with Crippen molar-refractivity contribution in [1.29, 1.82) is 0 Å². The van der Waals surface area contributed by atoms with Crippen molar-refractivity contribution in [3.8, 4) is 5.75 Å². The SMILES string of the molecule is COc1cccnc1N(C)C(=O)c1cn(C(C)(C)C)nn1. The van der Waals surface area contributed by atoms with Crippen LogP contribution < -0.4 is 9.64 Å². The number of pyridine rings is 1. The Morgan fingerprint density at radius 3 is 2.67 bits per heavy atom. The first kappa shape index (κ1) is 15.0. The van der Waals surface area contributed by atoms with Crippen LogP contribution in [0.2, 0.25) is 0 Å². The van der Waals surface area contributed by atoms with Crippen molar-refractivity contribution in [2.24, 2.45) is 0 Å². The molecule has 0 aliphatic rings. The van der Waals surface area contributed by atoms with Gasteiger partial charge in [-0.05, 0) is 32.9 Å². The molecule has 0 radical (unpaired) electrons. The molecule has 0 aliphatic heterocycles. The minimum absolute atomic E-state index is 0.229. The standard InChI is InChI=1S/C14H19N5O2/c1-14(2,3)19-9-10(16-17-19)13(20)18(4)12-11(21-5)7-6-8-15-12/h6-9H,1-5H3. The summed E-state index contributed by atoms with van der Waals surface area (Å²) in [4.78, 5) is 18.0. The van der Waals surface area contributed by atoms with E-state index in [2.05, 4.69) is 15.3 Å². The largest absolute Gasteiger partial charge is 0.493 e. The lowest BCUT2D eigenvalue weighted by molar-refractivity contribution is 0.0986. The highest BCUT2D eigenvalue weighted by Crippen LogP contribution is 2.24. The number of hydrogen-bond acceptors (Lipinski definition) is 5. The van der Waals surface area contributed by atoms with Crippen molar-refractivity contribution >= 4 is 11.7 Å². The smallest absolute Gasteiger partial charge is 0.281 e. The van der Waals surface area contributed by atoms with Gasteiger partial charge >= 0.3 is 0 Å². The van der Waals surface area contributed by atoms with Gasteiger partial charge in [0.15, 0.2) is 17.3 Å². The van der Waals surface area contributed by atoms with Gasteiger partial charge in [0.2, 0.25) is 0 Å². The van der Waals surface area contributed by atoms with E-state index in [0.29, 0.717) is 11.6 Å². The molecule has 0 atom stereocenters. The van der Waals surface area contributed by atoms with Gasteiger partial charge in [-0.1, -0.05) is 5.21 Å². The maximum Gasteiger partial charge on any atom is 0.281 e. The summed E-state index contributed by atoms with van der Waals surface area (Å²) in [5, 5.41) is 7.93. The zero-order valence-corrected chi connectivity index (χ0v) is 12.9. The molecule has 2 aromatic heterocycles. The molecule has 0 saturated carbocycles. The molecular weight excluding hydrogens is 270 g/mol. The van der Waals surface area contributed by atoms with Gasteiger partial charge in [0.25, 0.3) is 5.91 Å². The van der Waals surface area contributed by atoms with Crippen LogP contribution in [0.15, 0.2) is 24.5 Å². The normalized spacial score (nSPS) is 11.3. The molecular formula is C14H19N5O2. The molecule has 2 heterocycles. The zero-order chi connectivity index (χ0) is 15.6. The van der Waals surface area contributed by atoms with Crippen LogP contribution in [0.25, 0.3) is 0 Å². The number of carbonyl (C=O) groups excluding carboxylic acids is 1. The monoisotopic (exact) mass is 289 g/mol. The highest BCUT2D eigenvalue weighted by Gasteiger charge is 2.23. The van der Waals surface area contributed by atoms with Crippen molar-refractivity contribution in [3.63, 3.8) is 0 Å². The Hall–Kier alpha value is -2.44. The first-order valence-corrected chi connectivity index (χ1v) is 6.54. The van der Waals surface area contributed by atoms with Crippen molar-refractivity contribution in [2.45, 2.75) is 26.3 Å². The Morgan fingerprint density at radius 1 is 1.38 bits per heavy atom. The maximum absolute atomic E-state index is 12.5. The average molecular weight is 289 g/mol. The second-order valence-corrected chi connectivity index (χ2v) is 5.61. The van der Waals surface area contributed by atoms with E-state index >= 15 is 0 Å². The lowest BCUT2D eigenvalue weighted by Crippen LogP contribution is -2.28. The fourth-order valence-electron chi connectivity index (χ4n) is 1.75. The topological polar surface area (TPSA) is 73.1 Å². The number of amides is 1. The highest BCUT2D eigenvalue weighted by atomic mass is 16.5. The minimum atomic E-state index is -0.289. The van der Waals surface area contributed by atoms with Crippen LogP contribution in [0.5, 0.6) is 5.75 Å². The van der Waals surface area contributed by atoms with Gasteiger partial charge in [-0.3, -0.25) is 9.69 Å². The maximum atomic E-state index is 12.5. The van der Waals surface area contributed by atoms with Gasteiger partial charge in [0.1, 0.15) is 0 Å². The van der Waals surface area contributed by atoms with E-state index < -0.39 is 0 Å². The van der Waals surface area contributed by atoms with Crippen molar-refractivity contribution in [1.82, 2.24) is 20.0 Å². The molecule has 2 rings (SSSR count). The number of carbonyl (C=O) groups is 1. The van der Waals surface area contributed by atoms with Gasteiger partial charge in [0, 0.05) is 13.2 Å². The molecule has 1 amide bonds. The summed E-state index contributed by atoms with van der Waals surface area (Å²) in [6, 6.07) is 3.49. The van der Waals surface area contributed by atoms with Crippen LogP contribution in [-0.4, -0.2) is 40.0 Å². The van der Waals surface area contributed by atoms with Crippen LogP contribution in [0.3, 0.4) is 0 Å². The molecule has 0 aliphatic carbocycles. The van der Waals surface area contributed by atoms with Gasteiger partial charge in [0.05, 0.1) is 18.8 Å². The number of methoxy groups -OCH3 is 1. The summed E-state index contributed by atoms with van der Waals surface area (Å²) in [6.45, 7) is 5.96. The second kappa shape index (κ2) is 5.51. The Balaban J connectivity index is 2.29. The molecule has 2 aromatic rings. The first-order chi connectivity index (χ1) is 9.84. The molecule has 0 fully saturated rings. The second-order valence-electron chi connectivity index (χ2n) is 5.61. The Bertz CT molecular complexity index is 645. The Morgan fingerprint density at radius 2 is 2.10 bits per heavy atom. The summed E-state index contributed by atoms with van der Waals surface area (Å²) in [7, 11) is 3.16. The van der Waals surface area contributed by atoms with Gasteiger partial charge in [-0.15, -0.1) is 5.10 Å². The molecule has 0 unspecified atom stereocenters. The summed E-state index contributed by atoms with van der Waals surface area (Å²) in [5.41, 5.74) is 0.0346. The van der Waals surface area contributed by atoms with Gasteiger partial charge in [-0.25, -0.2) is 9.67 Å². The van der Waals surface area contributed by atoms with E-state index in [-0.39, 0.29) is 17.1 Å². The van der Waals surface area contributed by atoms with E-state index in [9.17, 15) is 4.79 Å². The highest BCUT2D eigenvalue weighted by molar-refractivity contribution is 6.04. The molecule has 0 spiro atoms. The van der Waals surface area contributed by atoms with Crippen molar-refractivity contribution < 1.29 is 9.53 Å². The lowest BCUT2D eigenvalue weighted by atomic mass is 10.1. The number of aromatic nitrogens is 4. The van der Waals surface area contributed by atoms with Crippen LogP contribution in [-0.2, 0) is 5.54 Å². The molecule has 112 valence electrons. The quantitative estimate of drug-likeness (QED) is 0.860. The van der Waals surface area contributed by atoms with E-state index in [1.54, 1.807) is 36.3 Å². The number of anilines is 1. The number of hydrogen-bond donors (Lipinski definition) is 0. The Labute approximate surface area is 123 Å². The first-order valence-electron chi connectivity index (χ1n) is 6.54. The molecule has 21 heavy (non-hydrogen) atoms. The van der Waals surface area contributed by atoms with E-state index in [0.717, 1.165) is 0 Å². The van der Waals surface area contributed by atoms with Crippen LogP contribution in [0, 0.1) is 0 Å². The molecule has 7 heteroatoms. The fraction of sp³-hybridized carbons (Fsp3) is 0.429. The van der Waals surface area contributed by atoms with Gasteiger partial charge in [-0.2, -0.15) is 0 Å². The predicted octanol–water partition coefficient (Wildman–Crippen LogP) is 1.71. The number of ether oxygens (including phenoxy) is 1. The van der Waals surface area contributed by atoms with E-state index in [4.69, 9.17) is 4.74 Å². The summed E-state index contributed by atoms with van der Waals surface area (Å²) in [5.74, 6) is 0.675. The lowest BCUT2D eigenvalue weighted by Gasteiger charge is -2.18. The third-order valence-corrected chi connectivity index (χ3v) is 2.99. The molecule has 7 nitrogen and oxygen atoms in total. The molecule has 0 aromatic carbocycles. The Kier molecular flexibility index (Phi) is 3.93. The zero-order valence-electron chi connectivity index (χ0n) is 12.9. The van der Waals surface area contributed by atoms with E-state index in [1.807, 2.05) is 20.8 Å². The summed E-state index contributed by atoms with van der Waals surface area (Å²) in [6.07, 6.45) is 3.24. The molecule has 0 saturated heterocycles. The minimum Gasteiger partial charge on any atom is -0.493 e. The summed E-state index contributed by atoms with van der Waals surface area (Å²) < 4.78 is 6.87. The summed E-state index contributed by atoms with van der Waals surface area (Å²) >= 11 is 0. The van der Waals surface area contributed by atoms with Crippen molar-refractivity contribution in [2.75, 3.05) is 19.1 Å². The third-order valence-electron chi connectivity index (χ3n) is 2.99. The third kappa shape index (κ3) is 3.01. The number of rotatable bonds is 3.